The highest BCUT2D eigenvalue weighted by Gasteiger charge is 2.51. The number of nitrogens with zero attached hydrogens (tertiary/aromatic N) is 2. The lowest BCUT2D eigenvalue weighted by Gasteiger charge is -2.46. The van der Waals surface area contributed by atoms with Gasteiger partial charge in [-0.05, 0) is 55.4 Å². The SMILES string of the molecule is Cl.O=C1NCN(c2ccccc2)C12CCN([C@@H]1CCCc3ccccc31)CC2. The first-order chi connectivity index (χ1) is 13.3. The summed E-state index contributed by atoms with van der Waals surface area (Å²) in [5, 5.41) is 3.11. The third kappa shape index (κ3) is 3.09. The van der Waals surface area contributed by atoms with Crippen LogP contribution in [0, 0.1) is 0 Å². The molecule has 0 aromatic heterocycles. The minimum atomic E-state index is -0.383. The topological polar surface area (TPSA) is 35.6 Å². The van der Waals surface area contributed by atoms with Crippen molar-refractivity contribution in [3.63, 3.8) is 0 Å². The van der Waals surface area contributed by atoms with Crippen LogP contribution >= 0.6 is 12.4 Å². The summed E-state index contributed by atoms with van der Waals surface area (Å²) in [7, 11) is 0. The van der Waals surface area contributed by atoms with Gasteiger partial charge in [0.25, 0.3) is 0 Å². The molecular formula is C23H28ClN3O. The number of carbonyl (C=O) groups is 1. The van der Waals surface area contributed by atoms with Gasteiger partial charge in [0.2, 0.25) is 5.91 Å². The maximum absolute atomic E-state index is 12.8. The fraction of sp³-hybridized carbons (Fsp3) is 0.435. The van der Waals surface area contributed by atoms with Crippen molar-refractivity contribution in [3.05, 3.63) is 65.7 Å². The molecule has 0 unspecified atom stereocenters. The molecule has 0 bridgehead atoms. The highest BCUT2D eigenvalue weighted by atomic mass is 35.5. The van der Waals surface area contributed by atoms with E-state index in [1.165, 1.54) is 30.4 Å². The average molecular weight is 398 g/mol. The van der Waals surface area contributed by atoms with E-state index >= 15 is 0 Å². The molecule has 148 valence electrons. The van der Waals surface area contributed by atoms with Gasteiger partial charge < -0.3 is 10.2 Å². The number of anilines is 1. The second-order valence-electron chi connectivity index (χ2n) is 8.10. The minimum absolute atomic E-state index is 0. The number of nitrogens with one attached hydrogen (secondary N) is 1. The summed E-state index contributed by atoms with van der Waals surface area (Å²) < 4.78 is 0. The highest BCUT2D eigenvalue weighted by Crippen LogP contribution is 2.41. The zero-order chi connectivity index (χ0) is 18.3. The number of amides is 1. The Labute approximate surface area is 173 Å². The molecule has 5 rings (SSSR count). The first-order valence-corrected chi connectivity index (χ1v) is 10.2. The Balaban J connectivity index is 0.00000192. The number of carbonyl (C=O) groups excluding carboxylic acids is 1. The molecular weight excluding hydrogens is 370 g/mol. The third-order valence-electron chi connectivity index (χ3n) is 6.81. The molecule has 2 aromatic carbocycles. The summed E-state index contributed by atoms with van der Waals surface area (Å²) in [6.07, 6.45) is 5.49. The van der Waals surface area contributed by atoms with Crippen molar-refractivity contribution in [2.75, 3.05) is 24.7 Å². The van der Waals surface area contributed by atoms with Gasteiger partial charge in [-0.25, -0.2) is 0 Å². The van der Waals surface area contributed by atoms with E-state index in [0.29, 0.717) is 12.7 Å². The predicted octanol–water partition coefficient (Wildman–Crippen LogP) is 3.91. The highest BCUT2D eigenvalue weighted by molar-refractivity contribution is 5.93. The van der Waals surface area contributed by atoms with Crippen molar-refractivity contribution in [1.82, 2.24) is 10.2 Å². The van der Waals surface area contributed by atoms with Gasteiger partial charge in [0, 0.05) is 24.8 Å². The van der Waals surface area contributed by atoms with E-state index in [9.17, 15) is 4.79 Å². The average Bonchev–Trinajstić information content (AvgIpc) is 3.05. The Morgan fingerprint density at radius 1 is 0.964 bits per heavy atom. The summed E-state index contributed by atoms with van der Waals surface area (Å²) in [6, 6.07) is 19.8. The number of piperidine rings is 1. The Morgan fingerprint density at radius 3 is 2.46 bits per heavy atom. The molecule has 2 fully saturated rings. The number of rotatable bonds is 2. The number of likely N-dealkylation sites (tertiary alicyclic amines) is 1. The van der Waals surface area contributed by atoms with E-state index in [4.69, 9.17) is 0 Å². The summed E-state index contributed by atoms with van der Waals surface area (Å²) in [5.41, 5.74) is 3.79. The number of hydrogen-bond acceptors (Lipinski definition) is 3. The van der Waals surface area contributed by atoms with Crippen molar-refractivity contribution in [2.24, 2.45) is 0 Å². The van der Waals surface area contributed by atoms with Crippen LogP contribution in [0.1, 0.15) is 42.9 Å². The van der Waals surface area contributed by atoms with Crippen LogP contribution in [0.25, 0.3) is 0 Å². The number of hydrogen-bond donors (Lipinski definition) is 1. The quantitative estimate of drug-likeness (QED) is 0.834. The predicted molar refractivity (Wildman–Crippen MR) is 115 cm³/mol. The van der Waals surface area contributed by atoms with Crippen LogP contribution in [-0.2, 0) is 11.2 Å². The van der Waals surface area contributed by atoms with Gasteiger partial charge in [0.15, 0.2) is 0 Å². The monoisotopic (exact) mass is 397 g/mol. The molecule has 5 heteroatoms. The molecule has 2 aliphatic heterocycles. The molecule has 0 saturated carbocycles. The van der Waals surface area contributed by atoms with E-state index in [2.05, 4.69) is 63.6 Å². The summed E-state index contributed by atoms with van der Waals surface area (Å²) >= 11 is 0. The van der Waals surface area contributed by atoms with Crippen LogP contribution in [-0.4, -0.2) is 36.1 Å². The van der Waals surface area contributed by atoms with Crippen molar-refractivity contribution in [2.45, 2.75) is 43.7 Å². The number of benzene rings is 2. The maximum Gasteiger partial charge on any atom is 0.247 e. The molecule has 4 nitrogen and oxygen atoms in total. The molecule has 2 heterocycles. The van der Waals surface area contributed by atoms with Gasteiger partial charge >= 0.3 is 0 Å². The smallest absolute Gasteiger partial charge is 0.247 e. The Hall–Kier alpha value is -2.04. The van der Waals surface area contributed by atoms with Crippen molar-refractivity contribution >= 4 is 24.0 Å². The maximum atomic E-state index is 12.8. The van der Waals surface area contributed by atoms with E-state index < -0.39 is 0 Å². The number of fused-ring (bicyclic) bond motifs is 1. The van der Waals surface area contributed by atoms with Crippen LogP contribution in [0.2, 0.25) is 0 Å². The largest absolute Gasteiger partial charge is 0.339 e. The molecule has 1 spiro atoms. The van der Waals surface area contributed by atoms with Crippen LogP contribution in [0.4, 0.5) is 5.69 Å². The van der Waals surface area contributed by atoms with Gasteiger partial charge in [-0.2, -0.15) is 0 Å². The lowest BCUT2D eigenvalue weighted by molar-refractivity contribution is -0.125. The van der Waals surface area contributed by atoms with Crippen LogP contribution in [0.3, 0.4) is 0 Å². The Kier molecular flexibility index (Phi) is 5.35. The molecule has 1 aliphatic carbocycles. The van der Waals surface area contributed by atoms with Crippen LogP contribution in [0.5, 0.6) is 0 Å². The second kappa shape index (κ2) is 7.76. The molecule has 1 N–H and O–H groups in total. The van der Waals surface area contributed by atoms with Crippen LogP contribution in [0.15, 0.2) is 54.6 Å². The van der Waals surface area contributed by atoms with Crippen LogP contribution < -0.4 is 10.2 Å². The lowest BCUT2D eigenvalue weighted by Crippen LogP contribution is -2.57. The zero-order valence-corrected chi connectivity index (χ0v) is 17.0. The zero-order valence-electron chi connectivity index (χ0n) is 16.1. The van der Waals surface area contributed by atoms with Gasteiger partial charge in [-0.15, -0.1) is 12.4 Å². The van der Waals surface area contributed by atoms with Gasteiger partial charge in [-0.1, -0.05) is 42.5 Å². The van der Waals surface area contributed by atoms with Gasteiger partial charge in [-0.3, -0.25) is 9.69 Å². The van der Waals surface area contributed by atoms with Crippen molar-refractivity contribution in [1.29, 1.82) is 0 Å². The summed E-state index contributed by atoms with van der Waals surface area (Å²) in [5.74, 6) is 0.204. The fourth-order valence-corrected chi connectivity index (χ4v) is 5.35. The minimum Gasteiger partial charge on any atom is -0.339 e. The molecule has 1 amide bonds. The Bertz CT molecular complexity index is 833. The van der Waals surface area contributed by atoms with Gasteiger partial charge in [0.1, 0.15) is 5.54 Å². The normalized spacial score (nSPS) is 23.8. The Morgan fingerprint density at radius 2 is 1.68 bits per heavy atom. The van der Waals surface area contributed by atoms with E-state index in [1.54, 1.807) is 0 Å². The summed E-state index contributed by atoms with van der Waals surface area (Å²) in [6.45, 7) is 2.58. The van der Waals surface area contributed by atoms with E-state index in [-0.39, 0.29) is 23.9 Å². The van der Waals surface area contributed by atoms with Crippen molar-refractivity contribution < 1.29 is 4.79 Å². The first kappa shape index (κ1) is 19.3. The number of para-hydroxylation sites is 1. The van der Waals surface area contributed by atoms with E-state index in [1.807, 2.05) is 6.07 Å². The lowest BCUT2D eigenvalue weighted by atomic mass is 9.82. The van der Waals surface area contributed by atoms with E-state index in [0.717, 1.165) is 31.6 Å². The molecule has 0 radical (unpaired) electrons. The fourth-order valence-electron chi connectivity index (χ4n) is 5.35. The second-order valence-corrected chi connectivity index (χ2v) is 8.10. The molecule has 2 saturated heterocycles. The number of aryl methyl sites for hydroxylation is 1. The van der Waals surface area contributed by atoms with Crippen molar-refractivity contribution in [3.8, 4) is 0 Å². The molecule has 2 aromatic rings. The summed E-state index contributed by atoms with van der Waals surface area (Å²) in [4.78, 5) is 17.8. The number of halogens is 1. The molecule has 28 heavy (non-hydrogen) atoms. The molecule has 3 aliphatic rings. The van der Waals surface area contributed by atoms with Gasteiger partial charge in [0.05, 0.1) is 6.67 Å². The molecule has 1 atom stereocenters. The third-order valence-corrected chi connectivity index (χ3v) is 6.81. The standard InChI is InChI=1S/C23H27N3O.ClH/c27-22-23(26(17-24-22)19-9-2-1-3-10-19)13-15-25(16-14-23)21-12-6-8-18-7-4-5-11-20(18)21;/h1-5,7,9-11,21H,6,8,12-17H2,(H,24,27);1H/t21-;/m1./s1. The first-order valence-electron chi connectivity index (χ1n) is 10.2.